The highest BCUT2D eigenvalue weighted by Crippen LogP contribution is 2.22. The SMILES string of the molecule is CCc1ccc(OCCCn2c(COc3cccc(OC)c3)nc3ccccc32)cc1. The Morgan fingerprint density at radius 2 is 1.65 bits per heavy atom. The number of rotatable bonds is 10. The lowest BCUT2D eigenvalue weighted by Gasteiger charge is -2.12. The van der Waals surface area contributed by atoms with E-state index in [1.807, 2.05) is 54.6 Å². The molecule has 0 aliphatic carbocycles. The molecule has 0 saturated carbocycles. The van der Waals surface area contributed by atoms with Gasteiger partial charge in [0.2, 0.25) is 0 Å². The molecule has 3 aromatic carbocycles. The van der Waals surface area contributed by atoms with Gasteiger partial charge in [-0.25, -0.2) is 4.98 Å². The summed E-state index contributed by atoms with van der Waals surface area (Å²) in [5.74, 6) is 3.34. The van der Waals surface area contributed by atoms with E-state index < -0.39 is 0 Å². The Morgan fingerprint density at radius 1 is 0.839 bits per heavy atom. The summed E-state index contributed by atoms with van der Waals surface area (Å²) < 4.78 is 19.4. The van der Waals surface area contributed by atoms with E-state index in [0.29, 0.717) is 13.2 Å². The Kier molecular flexibility index (Phi) is 6.72. The predicted molar refractivity (Wildman–Crippen MR) is 123 cm³/mol. The van der Waals surface area contributed by atoms with Crippen molar-refractivity contribution in [2.75, 3.05) is 13.7 Å². The molecule has 0 radical (unpaired) electrons. The number of methoxy groups -OCH3 is 1. The lowest BCUT2D eigenvalue weighted by Crippen LogP contribution is -2.10. The lowest BCUT2D eigenvalue weighted by molar-refractivity contribution is 0.279. The van der Waals surface area contributed by atoms with Crippen LogP contribution in [0.15, 0.2) is 72.8 Å². The van der Waals surface area contributed by atoms with Crippen LogP contribution in [0.4, 0.5) is 0 Å². The molecule has 5 heteroatoms. The van der Waals surface area contributed by atoms with E-state index in [2.05, 4.69) is 29.7 Å². The summed E-state index contributed by atoms with van der Waals surface area (Å²) in [6, 6.07) is 24.1. The van der Waals surface area contributed by atoms with E-state index in [0.717, 1.165) is 53.5 Å². The normalized spacial score (nSPS) is 10.9. The minimum atomic E-state index is 0.390. The van der Waals surface area contributed by atoms with Crippen LogP contribution >= 0.6 is 0 Å². The molecule has 0 spiro atoms. The summed E-state index contributed by atoms with van der Waals surface area (Å²) in [7, 11) is 1.65. The highest BCUT2D eigenvalue weighted by Gasteiger charge is 2.11. The number of benzene rings is 3. The molecule has 4 rings (SSSR count). The molecule has 0 unspecified atom stereocenters. The molecule has 4 aromatic rings. The lowest BCUT2D eigenvalue weighted by atomic mass is 10.2. The number of para-hydroxylation sites is 2. The monoisotopic (exact) mass is 416 g/mol. The first kappa shape index (κ1) is 20.8. The summed E-state index contributed by atoms with van der Waals surface area (Å²) in [5.41, 5.74) is 3.40. The van der Waals surface area contributed by atoms with Gasteiger partial charge in [0, 0.05) is 12.6 Å². The number of imidazole rings is 1. The molecule has 5 nitrogen and oxygen atoms in total. The number of nitrogens with zero attached hydrogens (tertiary/aromatic N) is 2. The van der Waals surface area contributed by atoms with Gasteiger partial charge in [-0.15, -0.1) is 0 Å². The Bertz CT molecular complexity index is 1120. The number of aromatic nitrogens is 2. The zero-order valence-corrected chi connectivity index (χ0v) is 18.1. The first-order chi connectivity index (χ1) is 15.3. The first-order valence-corrected chi connectivity index (χ1v) is 10.7. The van der Waals surface area contributed by atoms with Gasteiger partial charge in [-0.3, -0.25) is 0 Å². The summed E-state index contributed by atoms with van der Waals surface area (Å²) in [5, 5.41) is 0. The van der Waals surface area contributed by atoms with Crippen molar-refractivity contribution in [1.82, 2.24) is 9.55 Å². The van der Waals surface area contributed by atoms with Crippen LogP contribution in [0.1, 0.15) is 24.7 Å². The Balaban J connectivity index is 1.41. The maximum absolute atomic E-state index is 6.01. The summed E-state index contributed by atoms with van der Waals surface area (Å²) in [4.78, 5) is 4.79. The van der Waals surface area contributed by atoms with Gasteiger partial charge in [-0.1, -0.05) is 37.3 Å². The third-order valence-electron chi connectivity index (χ3n) is 5.27. The molecule has 0 bridgehead atoms. The van der Waals surface area contributed by atoms with Crippen molar-refractivity contribution in [3.8, 4) is 17.2 Å². The summed E-state index contributed by atoms with van der Waals surface area (Å²) in [6.07, 6.45) is 1.91. The van der Waals surface area contributed by atoms with Gasteiger partial charge < -0.3 is 18.8 Å². The summed E-state index contributed by atoms with van der Waals surface area (Å²) in [6.45, 7) is 4.00. The van der Waals surface area contributed by atoms with Gasteiger partial charge in [0.05, 0.1) is 24.8 Å². The second-order valence-corrected chi connectivity index (χ2v) is 7.34. The Labute approximate surface area is 183 Å². The first-order valence-electron chi connectivity index (χ1n) is 10.7. The van der Waals surface area contributed by atoms with Gasteiger partial charge >= 0.3 is 0 Å². The molecule has 0 atom stereocenters. The van der Waals surface area contributed by atoms with Gasteiger partial charge in [0.1, 0.15) is 29.7 Å². The second-order valence-electron chi connectivity index (χ2n) is 7.34. The van der Waals surface area contributed by atoms with Crippen molar-refractivity contribution >= 4 is 11.0 Å². The highest BCUT2D eigenvalue weighted by molar-refractivity contribution is 5.75. The average Bonchev–Trinajstić information content (AvgIpc) is 3.18. The number of hydrogen-bond donors (Lipinski definition) is 0. The molecule has 0 amide bonds. The van der Waals surface area contributed by atoms with Crippen LogP contribution in [0.3, 0.4) is 0 Å². The van der Waals surface area contributed by atoms with Gasteiger partial charge in [-0.2, -0.15) is 0 Å². The van der Waals surface area contributed by atoms with Crippen molar-refractivity contribution in [2.24, 2.45) is 0 Å². The Hall–Kier alpha value is -3.47. The van der Waals surface area contributed by atoms with E-state index in [9.17, 15) is 0 Å². The average molecular weight is 417 g/mol. The van der Waals surface area contributed by atoms with E-state index in [1.54, 1.807) is 7.11 Å². The number of hydrogen-bond acceptors (Lipinski definition) is 4. The zero-order chi connectivity index (χ0) is 21.5. The molecular weight excluding hydrogens is 388 g/mol. The highest BCUT2D eigenvalue weighted by atomic mass is 16.5. The van der Waals surface area contributed by atoms with Gasteiger partial charge in [0.15, 0.2) is 0 Å². The van der Waals surface area contributed by atoms with Crippen molar-refractivity contribution in [2.45, 2.75) is 32.9 Å². The minimum Gasteiger partial charge on any atom is -0.497 e. The van der Waals surface area contributed by atoms with Crippen LogP contribution in [0.25, 0.3) is 11.0 Å². The fourth-order valence-electron chi connectivity index (χ4n) is 3.56. The molecule has 31 heavy (non-hydrogen) atoms. The van der Waals surface area contributed by atoms with Crippen LogP contribution < -0.4 is 14.2 Å². The van der Waals surface area contributed by atoms with Crippen molar-refractivity contribution < 1.29 is 14.2 Å². The summed E-state index contributed by atoms with van der Waals surface area (Å²) >= 11 is 0. The maximum Gasteiger partial charge on any atom is 0.147 e. The Morgan fingerprint density at radius 3 is 2.45 bits per heavy atom. The van der Waals surface area contributed by atoms with Crippen LogP contribution in [-0.4, -0.2) is 23.3 Å². The molecule has 160 valence electrons. The van der Waals surface area contributed by atoms with E-state index in [4.69, 9.17) is 19.2 Å². The van der Waals surface area contributed by atoms with Crippen LogP contribution in [0, 0.1) is 0 Å². The third-order valence-corrected chi connectivity index (χ3v) is 5.27. The molecule has 0 aliphatic heterocycles. The van der Waals surface area contributed by atoms with Crippen LogP contribution in [-0.2, 0) is 19.6 Å². The fraction of sp³-hybridized carbons (Fsp3) is 0.269. The molecule has 1 aromatic heterocycles. The van der Waals surface area contributed by atoms with Gasteiger partial charge in [-0.05, 0) is 54.8 Å². The van der Waals surface area contributed by atoms with Crippen molar-refractivity contribution in [1.29, 1.82) is 0 Å². The topological polar surface area (TPSA) is 45.5 Å². The molecule has 0 fully saturated rings. The van der Waals surface area contributed by atoms with E-state index >= 15 is 0 Å². The second kappa shape index (κ2) is 10.0. The number of aryl methyl sites for hydroxylation is 2. The maximum atomic E-state index is 6.01. The van der Waals surface area contributed by atoms with Gasteiger partial charge in [0.25, 0.3) is 0 Å². The van der Waals surface area contributed by atoms with E-state index in [-0.39, 0.29) is 0 Å². The standard InChI is InChI=1S/C26H28N2O3/c1-3-20-12-14-21(15-13-20)30-17-7-16-28-25-11-5-4-10-24(25)27-26(28)19-31-23-9-6-8-22(18-23)29-2/h4-6,8-15,18H,3,7,16-17,19H2,1-2H3. The number of ether oxygens (including phenoxy) is 3. The molecular formula is C26H28N2O3. The van der Waals surface area contributed by atoms with Crippen LogP contribution in [0.5, 0.6) is 17.2 Å². The quantitative estimate of drug-likeness (QED) is 0.313. The minimum absolute atomic E-state index is 0.390. The number of fused-ring (bicyclic) bond motifs is 1. The fourth-order valence-corrected chi connectivity index (χ4v) is 3.56. The molecule has 0 N–H and O–H groups in total. The van der Waals surface area contributed by atoms with Crippen LogP contribution in [0.2, 0.25) is 0 Å². The zero-order valence-electron chi connectivity index (χ0n) is 18.1. The largest absolute Gasteiger partial charge is 0.497 e. The molecule has 0 aliphatic rings. The smallest absolute Gasteiger partial charge is 0.147 e. The third kappa shape index (κ3) is 5.18. The van der Waals surface area contributed by atoms with E-state index in [1.165, 1.54) is 5.56 Å². The predicted octanol–water partition coefficient (Wildman–Crippen LogP) is 5.66. The molecule has 1 heterocycles. The van der Waals surface area contributed by atoms with Crippen molar-refractivity contribution in [3.05, 3.63) is 84.2 Å². The molecule has 0 saturated heterocycles. The van der Waals surface area contributed by atoms with Crippen molar-refractivity contribution in [3.63, 3.8) is 0 Å².